The van der Waals surface area contributed by atoms with E-state index in [0.29, 0.717) is 12.0 Å². The molecule has 1 amide bonds. The van der Waals surface area contributed by atoms with Gasteiger partial charge in [0.25, 0.3) is 0 Å². The van der Waals surface area contributed by atoms with Crippen LogP contribution >= 0.6 is 0 Å². The van der Waals surface area contributed by atoms with Gasteiger partial charge < -0.3 is 14.8 Å². The molecule has 2 N–H and O–H groups in total. The third-order valence-corrected chi connectivity index (χ3v) is 5.29. The van der Waals surface area contributed by atoms with Crippen molar-refractivity contribution in [2.24, 2.45) is 5.92 Å². The fourth-order valence-electron chi connectivity index (χ4n) is 2.34. The van der Waals surface area contributed by atoms with E-state index in [2.05, 4.69) is 20.4 Å². The molecule has 0 spiro atoms. The smallest absolute Gasteiger partial charge is 0.248 e. The maximum Gasteiger partial charge on any atom is 0.248 e. The number of H-pyrrole nitrogens is 1. The van der Waals surface area contributed by atoms with Gasteiger partial charge in [0, 0.05) is 17.8 Å². The van der Waals surface area contributed by atoms with Crippen molar-refractivity contribution >= 4 is 15.7 Å². The number of pyridine rings is 1. The molecule has 0 bridgehead atoms. The van der Waals surface area contributed by atoms with Crippen molar-refractivity contribution in [3.8, 4) is 11.4 Å². The van der Waals surface area contributed by atoms with Crippen molar-refractivity contribution in [3.63, 3.8) is 0 Å². The summed E-state index contributed by atoms with van der Waals surface area (Å²) in [6, 6.07) is 2.95. The Balaban J connectivity index is 1.62. The van der Waals surface area contributed by atoms with Gasteiger partial charge in [-0.1, -0.05) is 5.16 Å². The number of nitrogens with one attached hydrogen (secondary N) is 2. The highest BCUT2D eigenvalue weighted by Crippen LogP contribution is 2.18. The normalized spacial score (nSPS) is 19.6. The van der Waals surface area contributed by atoms with Crippen LogP contribution in [0, 0.1) is 5.92 Å². The minimum atomic E-state index is -3.10. The van der Waals surface area contributed by atoms with E-state index in [1.54, 1.807) is 6.07 Å². The van der Waals surface area contributed by atoms with Crippen LogP contribution in [0.4, 0.5) is 0 Å². The molecule has 2 aromatic rings. The first-order valence-electron chi connectivity index (χ1n) is 6.93. The first-order valence-corrected chi connectivity index (χ1v) is 8.75. The lowest BCUT2D eigenvalue weighted by Gasteiger charge is -2.06. The van der Waals surface area contributed by atoms with Crippen LogP contribution in [-0.4, -0.2) is 41.0 Å². The van der Waals surface area contributed by atoms with Gasteiger partial charge in [0.15, 0.2) is 9.84 Å². The van der Waals surface area contributed by atoms with Gasteiger partial charge in [0.05, 0.1) is 24.0 Å². The highest BCUT2D eigenvalue weighted by Gasteiger charge is 2.32. The number of aromatic nitrogens is 3. The summed E-state index contributed by atoms with van der Waals surface area (Å²) < 4.78 is 27.7. The summed E-state index contributed by atoms with van der Waals surface area (Å²) in [5.41, 5.74) is 0.210. The third kappa shape index (κ3) is 3.65. The average molecular weight is 338 g/mol. The second kappa shape index (κ2) is 5.95. The predicted molar refractivity (Wildman–Crippen MR) is 79.0 cm³/mol. The van der Waals surface area contributed by atoms with Crippen LogP contribution in [0.3, 0.4) is 0 Å². The molecule has 122 valence electrons. The number of aromatic amines is 1. The minimum Gasteiger partial charge on any atom is -0.347 e. The quantitative estimate of drug-likeness (QED) is 0.765. The van der Waals surface area contributed by atoms with E-state index in [0.717, 1.165) is 0 Å². The molecule has 1 aliphatic heterocycles. The third-order valence-electron chi connectivity index (χ3n) is 3.52. The van der Waals surface area contributed by atoms with Gasteiger partial charge in [-0.05, 0) is 12.5 Å². The fourth-order valence-corrected chi connectivity index (χ4v) is 4.08. The Bertz CT molecular complexity index is 886. The van der Waals surface area contributed by atoms with Crippen molar-refractivity contribution in [2.75, 3.05) is 11.5 Å². The topological polar surface area (TPSA) is 135 Å². The van der Waals surface area contributed by atoms with E-state index in [1.165, 1.54) is 12.3 Å². The molecule has 23 heavy (non-hydrogen) atoms. The molecule has 0 aromatic carbocycles. The molecule has 1 atom stereocenters. The van der Waals surface area contributed by atoms with Gasteiger partial charge in [-0.2, -0.15) is 4.98 Å². The summed E-state index contributed by atoms with van der Waals surface area (Å²) in [6.45, 7) is 0.00553. The highest BCUT2D eigenvalue weighted by molar-refractivity contribution is 7.91. The van der Waals surface area contributed by atoms with Crippen LogP contribution in [0.2, 0.25) is 0 Å². The van der Waals surface area contributed by atoms with Crippen LogP contribution in [0.1, 0.15) is 12.3 Å². The summed E-state index contributed by atoms with van der Waals surface area (Å²) in [4.78, 5) is 29.7. The van der Waals surface area contributed by atoms with E-state index >= 15 is 0 Å². The van der Waals surface area contributed by atoms with E-state index in [1.807, 2.05) is 0 Å². The molecule has 1 fully saturated rings. The molecule has 3 heterocycles. The van der Waals surface area contributed by atoms with E-state index < -0.39 is 15.8 Å². The fraction of sp³-hybridized carbons (Fsp3) is 0.385. The molecule has 0 aliphatic carbocycles. The molecule has 2 aromatic heterocycles. The molecular weight excluding hydrogens is 324 g/mol. The zero-order valence-corrected chi connectivity index (χ0v) is 12.8. The Morgan fingerprint density at radius 3 is 3.00 bits per heavy atom. The Hall–Kier alpha value is -2.49. The van der Waals surface area contributed by atoms with Gasteiger partial charge in [-0.25, -0.2) is 8.42 Å². The van der Waals surface area contributed by atoms with Crippen LogP contribution in [0.25, 0.3) is 11.4 Å². The summed E-state index contributed by atoms with van der Waals surface area (Å²) >= 11 is 0. The number of hydrogen-bond donors (Lipinski definition) is 2. The van der Waals surface area contributed by atoms with Crippen molar-refractivity contribution < 1.29 is 17.7 Å². The molecule has 1 saturated heterocycles. The van der Waals surface area contributed by atoms with Crippen LogP contribution < -0.4 is 10.9 Å². The SMILES string of the molecule is O=C(NCc1nc(-c2cc[nH]c(=O)c2)no1)[C@@H]1CCS(=O)(=O)C1. The second-order valence-electron chi connectivity index (χ2n) is 5.27. The number of nitrogens with zero attached hydrogens (tertiary/aromatic N) is 2. The van der Waals surface area contributed by atoms with Crippen molar-refractivity contribution in [1.29, 1.82) is 0 Å². The molecule has 0 radical (unpaired) electrons. The molecule has 3 rings (SSSR count). The van der Waals surface area contributed by atoms with Crippen molar-refractivity contribution in [3.05, 3.63) is 34.6 Å². The first-order chi connectivity index (χ1) is 10.9. The van der Waals surface area contributed by atoms with Crippen LogP contribution in [0.15, 0.2) is 27.6 Å². The van der Waals surface area contributed by atoms with Gasteiger partial charge in [0.1, 0.15) is 0 Å². The van der Waals surface area contributed by atoms with Crippen molar-refractivity contribution in [1.82, 2.24) is 20.4 Å². The zero-order chi connectivity index (χ0) is 16.4. The maximum absolute atomic E-state index is 11.9. The summed E-state index contributed by atoms with van der Waals surface area (Å²) in [5.74, 6) is -0.547. The lowest BCUT2D eigenvalue weighted by Crippen LogP contribution is -2.31. The van der Waals surface area contributed by atoms with Crippen LogP contribution in [-0.2, 0) is 21.2 Å². The van der Waals surface area contributed by atoms with E-state index in [9.17, 15) is 18.0 Å². The number of carbonyl (C=O) groups excluding carboxylic acids is 1. The van der Waals surface area contributed by atoms with E-state index in [-0.39, 0.29) is 41.2 Å². The number of amides is 1. The van der Waals surface area contributed by atoms with E-state index in [4.69, 9.17) is 4.52 Å². The molecule has 9 nitrogen and oxygen atoms in total. The largest absolute Gasteiger partial charge is 0.347 e. The Labute approximate surface area is 131 Å². The minimum absolute atomic E-state index is 0.00553. The monoisotopic (exact) mass is 338 g/mol. The average Bonchev–Trinajstić information content (AvgIpc) is 3.11. The Morgan fingerprint density at radius 1 is 1.48 bits per heavy atom. The predicted octanol–water partition coefficient (Wildman–Crippen LogP) is -0.524. The lowest BCUT2D eigenvalue weighted by molar-refractivity contribution is -0.124. The zero-order valence-electron chi connectivity index (χ0n) is 12.0. The van der Waals surface area contributed by atoms with Crippen LogP contribution in [0.5, 0.6) is 0 Å². The molecular formula is C13H14N4O5S. The van der Waals surface area contributed by atoms with Gasteiger partial charge >= 0.3 is 0 Å². The summed E-state index contributed by atoms with van der Waals surface area (Å²) in [6.07, 6.45) is 1.80. The number of hydrogen-bond acceptors (Lipinski definition) is 7. The molecule has 0 unspecified atom stereocenters. The highest BCUT2D eigenvalue weighted by atomic mass is 32.2. The Morgan fingerprint density at radius 2 is 2.30 bits per heavy atom. The van der Waals surface area contributed by atoms with Crippen molar-refractivity contribution in [2.45, 2.75) is 13.0 Å². The van der Waals surface area contributed by atoms with Gasteiger partial charge in [-0.15, -0.1) is 0 Å². The molecule has 10 heteroatoms. The summed E-state index contributed by atoms with van der Waals surface area (Å²) in [7, 11) is -3.10. The molecule has 1 aliphatic rings. The number of sulfone groups is 1. The van der Waals surface area contributed by atoms with Gasteiger partial charge in [-0.3, -0.25) is 9.59 Å². The standard InChI is InChI=1S/C13H14N4O5S/c18-10-5-8(1-3-14-10)12-16-11(22-17-12)6-15-13(19)9-2-4-23(20,21)7-9/h1,3,5,9H,2,4,6-7H2,(H,14,18)(H,15,19)/t9-/m1/s1. The first kappa shape index (κ1) is 15.4. The second-order valence-corrected chi connectivity index (χ2v) is 7.50. The Kier molecular flexibility index (Phi) is 3.99. The number of carbonyl (C=O) groups is 1. The number of rotatable bonds is 4. The maximum atomic E-state index is 11.9. The molecule has 0 saturated carbocycles. The lowest BCUT2D eigenvalue weighted by atomic mass is 10.1. The van der Waals surface area contributed by atoms with Gasteiger partial charge in [0.2, 0.25) is 23.2 Å². The summed E-state index contributed by atoms with van der Waals surface area (Å²) in [5, 5.41) is 6.33.